The number of nitrogens with two attached hydrogens (primary N) is 1. The lowest BCUT2D eigenvalue weighted by Crippen LogP contribution is -2.28. The molecule has 8 heteroatoms. The highest BCUT2D eigenvalue weighted by molar-refractivity contribution is 7.89. The van der Waals surface area contributed by atoms with Crippen LogP contribution in [0.5, 0.6) is 5.75 Å². The maximum Gasteiger partial charge on any atom is 0.251 e. The Labute approximate surface area is 159 Å². The van der Waals surface area contributed by atoms with Crippen molar-refractivity contribution in [3.05, 3.63) is 53.6 Å². The number of sulfonamides is 1. The Morgan fingerprint density at radius 2 is 1.89 bits per heavy atom. The van der Waals surface area contributed by atoms with Gasteiger partial charge >= 0.3 is 0 Å². The van der Waals surface area contributed by atoms with Crippen LogP contribution in [-0.4, -0.2) is 34.0 Å². The fourth-order valence-electron chi connectivity index (χ4n) is 2.62. The molecule has 7 nitrogen and oxygen atoms in total. The van der Waals surface area contributed by atoms with Crippen molar-refractivity contribution in [2.45, 2.75) is 30.2 Å². The molecule has 0 bridgehead atoms. The largest absolute Gasteiger partial charge is 0.495 e. The van der Waals surface area contributed by atoms with Crippen LogP contribution < -0.4 is 20.5 Å². The third-order valence-electron chi connectivity index (χ3n) is 4.29. The smallest absolute Gasteiger partial charge is 0.251 e. The van der Waals surface area contributed by atoms with Crippen LogP contribution in [0, 0.1) is 0 Å². The average Bonchev–Trinajstić information content (AvgIpc) is 3.46. The second-order valence-corrected chi connectivity index (χ2v) is 8.19. The van der Waals surface area contributed by atoms with E-state index in [0.29, 0.717) is 18.7 Å². The van der Waals surface area contributed by atoms with Gasteiger partial charge in [-0.3, -0.25) is 4.79 Å². The lowest BCUT2D eigenvalue weighted by atomic mass is 10.1. The van der Waals surface area contributed by atoms with Crippen LogP contribution in [0.25, 0.3) is 0 Å². The summed E-state index contributed by atoms with van der Waals surface area (Å²) in [5, 5.41) is 2.81. The van der Waals surface area contributed by atoms with E-state index in [0.717, 1.165) is 18.4 Å². The number of anilines is 1. The Balaban J connectivity index is 1.69. The lowest BCUT2D eigenvalue weighted by Gasteiger charge is -2.12. The number of methoxy groups -OCH3 is 1. The van der Waals surface area contributed by atoms with Crippen molar-refractivity contribution < 1.29 is 17.9 Å². The minimum atomic E-state index is -3.73. The second-order valence-electron chi connectivity index (χ2n) is 6.51. The summed E-state index contributed by atoms with van der Waals surface area (Å²) in [6, 6.07) is 11.8. The van der Waals surface area contributed by atoms with Gasteiger partial charge in [0.05, 0.1) is 7.11 Å². The molecule has 0 aromatic heterocycles. The van der Waals surface area contributed by atoms with Gasteiger partial charge in [0.25, 0.3) is 5.91 Å². The van der Waals surface area contributed by atoms with E-state index in [1.165, 1.54) is 19.2 Å². The molecule has 0 atom stereocenters. The zero-order chi connectivity index (χ0) is 19.4. The highest BCUT2D eigenvalue weighted by Gasteiger charge is 2.30. The van der Waals surface area contributed by atoms with Crippen LogP contribution in [0.2, 0.25) is 0 Å². The Morgan fingerprint density at radius 3 is 2.52 bits per heavy atom. The Kier molecular flexibility index (Phi) is 5.67. The van der Waals surface area contributed by atoms with Gasteiger partial charge in [-0.25, -0.2) is 13.1 Å². The molecule has 1 aliphatic carbocycles. The van der Waals surface area contributed by atoms with Gasteiger partial charge in [0.15, 0.2) is 0 Å². The first kappa shape index (κ1) is 19.2. The van der Waals surface area contributed by atoms with E-state index in [1.54, 1.807) is 6.07 Å². The fraction of sp³-hybridized carbons (Fsp3) is 0.316. The second kappa shape index (κ2) is 7.98. The van der Waals surface area contributed by atoms with Crippen molar-refractivity contribution in [3.8, 4) is 5.75 Å². The quantitative estimate of drug-likeness (QED) is 0.595. The zero-order valence-electron chi connectivity index (χ0n) is 15.1. The van der Waals surface area contributed by atoms with Gasteiger partial charge in [0.1, 0.15) is 10.6 Å². The molecule has 2 aromatic rings. The maximum absolute atomic E-state index is 12.5. The highest BCUT2D eigenvalue weighted by Crippen LogP contribution is 2.28. The number of nitrogens with one attached hydrogen (secondary N) is 2. The summed E-state index contributed by atoms with van der Waals surface area (Å²) in [5.41, 5.74) is 7.66. The van der Waals surface area contributed by atoms with Crippen molar-refractivity contribution in [1.82, 2.24) is 10.0 Å². The molecular weight excluding hydrogens is 366 g/mol. The lowest BCUT2D eigenvalue weighted by molar-refractivity contribution is 0.0954. The molecule has 0 unspecified atom stereocenters. The molecule has 0 heterocycles. The van der Waals surface area contributed by atoms with E-state index in [4.69, 9.17) is 10.5 Å². The monoisotopic (exact) mass is 389 g/mol. The highest BCUT2D eigenvalue weighted by atomic mass is 32.2. The molecule has 0 spiro atoms. The molecule has 27 heavy (non-hydrogen) atoms. The summed E-state index contributed by atoms with van der Waals surface area (Å²) in [6.45, 7) is 0.428. The van der Waals surface area contributed by atoms with Crippen LogP contribution in [0.3, 0.4) is 0 Å². The van der Waals surface area contributed by atoms with Gasteiger partial charge in [0.2, 0.25) is 10.0 Å². The van der Waals surface area contributed by atoms with E-state index in [9.17, 15) is 13.2 Å². The number of amides is 1. The van der Waals surface area contributed by atoms with E-state index >= 15 is 0 Å². The molecule has 1 fully saturated rings. The molecule has 3 rings (SSSR count). The average molecular weight is 389 g/mol. The minimum absolute atomic E-state index is 0.0249. The third kappa shape index (κ3) is 4.99. The SMILES string of the molecule is COc1ccc(C(=O)NCCc2ccc(N)cc2)cc1S(=O)(=O)NC1CC1. The Hall–Kier alpha value is -2.58. The molecular formula is C19H23N3O4S. The van der Waals surface area contributed by atoms with E-state index in [2.05, 4.69) is 10.0 Å². The number of carbonyl (C=O) groups is 1. The van der Waals surface area contributed by atoms with Crippen LogP contribution in [-0.2, 0) is 16.4 Å². The van der Waals surface area contributed by atoms with Crippen molar-refractivity contribution >= 4 is 21.6 Å². The molecule has 2 aromatic carbocycles. The zero-order valence-corrected chi connectivity index (χ0v) is 15.9. The Morgan fingerprint density at radius 1 is 1.19 bits per heavy atom. The molecule has 1 saturated carbocycles. The van der Waals surface area contributed by atoms with Crippen LogP contribution in [0.4, 0.5) is 5.69 Å². The predicted molar refractivity (Wildman–Crippen MR) is 103 cm³/mol. The van der Waals surface area contributed by atoms with E-state index in [1.807, 2.05) is 24.3 Å². The summed E-state index contributed by atoms with van der Waals surface area (Å²) in [6.07, 6.45) is 2.30. The standard InChI is InChI=1S/C19H23N3O4S/c1-26-17-9-4-14(12-18(17)27(24,25)22-16-7-8-16)19(23)21-11-10-13-2-5-15(20)6-3-13/h2-6,9,12,16,22H,7-8,10-11,20H2,1H3,(H,21,23). The van der Waals surface area contributed by atoms with Crippen LogP contribution >= 0.6 is 0 Å². The number of nitrogen functional groups attached to an aromatic ring is 1. The fourth-order valence-corrected chi connectivity index (χ4v) is 4.12. The molecule has 1 amide bonds. The first-order valence-electron chi connectivity index (χ1n) is 8.72. The summed E-state index contributed by atoms with van der Waals surface area (Å²) in [7, 11) is -2.33. The van der Waals surface area contributed by atoms with Gasteiger partial charge < -0.3 is 15.8 Å². The van der Waals surface area contributed by atoms with E-state index < -0.39 is 10.0 Å². The number of hydrogen-bond donors (Lipinski definition) is 3. The van der Waals surface area contributed by atoms with Gasteiger partial charge in [-0.15, -0.1) is 0 Å². The topological polar surface area (TPSA) is 111 Å². The normalized spacial score (nSPS) is 14.0. The van der Waals surface area contributed by atoms with Crippen molar-refractivity contribution in [2.24, 2.45) is 0 Å². The van der Waals surface area contributed by atoms with Gasteiger partial charge in [-0.2, -0.15) is 0 Å². The van der Waals surface area contributed by atoms with E-state index in [-0.39, 0.29) is 28.2 Å². The van der Waals surface area contributed by atoms with Crippen molar-refractivity contribution in [2.75, 3.05) is 19.4 Å². The molecule has 0 saturated heterocycles. The van der Waals surface area contributed by atoms with Crippen LogP contribution in [0.15, 0.2) is 47.4 Å². The number of ether oxygens (including phenoxy) is 1. The molecule has 144 valence electrons. The summed E-state index contributed by atoms with van der Waals surface area (Å²) in [5.74, 6) is -0.127. The summed E-state index contributed by atoms with van der Waals surface area (Å²) < 4.78 is 32.8. The van der Waals surface area contributed by atoms with Gasteiger partial charge in [-0.05, 0) is 55.2 Å². The van der Waals surface area contributed by atoms with Gasteiger partial charge in [0, 0.05) is 23.8 Å². The minimum Gasteiger partial charge on any atom is -0.495 e. The maximum atomic E-state index is 12.5. The number of rotatable bonds is 8. The van der Waals surface area contributed by atoms with Crippen molar-refractivity contribution in [3.63, 3.8) is 0 Å². The molecule has 1 aliphatic rings. The number of hydrogen-bond acceptors (Lipinski definition) is 5. The first-order valence-corrected chi connectivity index (χ1v) is 10.2. The van der Waals surface area contributed by atoms with Crippen molar-refractivity contribution in [1.29, 1.82) is 0 Å². The first-order chi connectivity index (χ1) is 12.9. The third-order valence-corrected chi connectivity index (χ3v) is 5.84. The molecule has 0 aliphatic heterocycles. The summed E-state index contributed by atoms with van der Waals surface area (Å²) in [4.78, 5) is 12.4. The Bertz CT molecular complexity index is 922. The number of benzene rings is 2. The summed E-state index contributed by atoms with van der Waals surface area (Å²) >= 11 is 0. The van der Waals surface area contributed by atoms with Crippen LogP contribution in [0.1, 0.15) is 28.8 Å². The molecule has 0 radical (unpaired) electrons. The van der Waals surface area contributed by atoms with Gasteiger partial charge in [-0.1, -0.05) is 12.1 Å². The number of carbonyl (C=O) groups excluding carboxylic acids is 1. The molecule has 4 N–H and O–H groups in total. The predicted octanol–water partition coefficient (Wildman–Crippen LogP) is 1.69.